The lowest BCUT2D eigenvalue weighted by atomic mass is 10.1. The maximum atomic E-state index is 12.3. The summed E-state index contributed by atoms with van der Waals surface area (Å²) in [5.74, 6) is 0. The number of urea groups is 1. The molecule has 5 heteroatoms. The monoisotopic (exact) mass is 354 g/mol. The quantitative estimate of drug-likeness (QED) is 0.894. The van der Waals surface area contributed by atoms with Crippen molar-refractivity contribution in [3.05, 3.63) is 34.3 Å². The lowest BCUT2D eigenvalue weighted by molar-refractivity contribution is 0.0218. The van der Waals surface area contributed by atoms with E-state index in [1.165, 1.54) is 0 Å². The molecule has 0 bridgehead atoms. The van der Waals surface area contributed by atoms with Gasteiger partial charge in [-0.2, -0.15) is 0 Å². The van der Waals surface area contributed by atoms with E-state index < -0.39 is 0 Å². The first kappa shape index (κ1) is 16.3. The van der Waals surface area contributed by atoms with E-state index in [-0.39, 0.29) is 12.1 Å². The molecule has 1 atom stereocenters. The minimum Gasteiger partial charge on any atom is -0.378 e. The number of benzene rings is 1. The summed E-state index contributed by atoms with van der Waals surface area (Å²) in [7, 11) is 0. The van der Waals surface area contributed by atoms with Crippen LogP contribution in [0.15, 0.2) is 28.7 Å². The van der Waals surface area contributed by atoms with E-state index in [0.717, 1.165) is 42.6 Å². The van der Waals surface area contributed by atoms with Crippen LogP contribution in [-0.4, -0.2) is 36.7 Å². The van der Waals surface area contributed by atoms with E-state index in [4.69, 9.17) is 4.74 Å². The number of piperidine rings is 1. The van der Waals surface area contributed by atoms with Crippen molar-refractivity contribution >= 4 is 22.0 Å². The highest BCUT2D eigenvalue weighted by molar-refractivity contribution is 9.10. The Morgan fingerprint density at radius 3 is 2.81 bits per heavy atom. The van der Waals surface area contributed by atoms with Gasteiger partial charge in [0, 0.05) is 24.2 Å². The highest BCUT2D eigenvalue weighted by Gasteiger charge is 2.23. The Morgan fingerprint density at radius 1 is 1.48 bits per heavy atom. The van der Waals surface area contributed by atoms with Crippen LogP contribution in [0.4, 0.5) is 4.79 Å². The molecular formula is C16H23BrN2O2. The third-order valence-corrected chi connectivity index (χ3v) is 4.31. The van der Waals surface area contributed by atoms with Crippen LogP contribution < -0.4 is 5.32 Å². The smallest absolute Gasteiger partial charge is 0.317 e. The standard InChI is InChI=1S/C16H23BrN2O2/c1-3-21-15-7-9-19(10-8-15)16(20)18-12(2)13-5-4-6-14(17)11-13/h4-6,11-12,15H,3,7-10H2,1-2H3,(H,18,20). The third kappa shape index (κ3) is 4.71. The van der Waals surface area contributed by atoms with Crippen molar-refractivity contribution in [2.75, 3.05) is 19.7 Å². The molecule has 1 unspecified atom stereocenters. The first-order chi connectivity index (χ1) is 10.1. The molecule has 21 heavy (non-hydrogen) atoms. The number of halogens is 1. The number of carbonyl (C=O) groups excluding carboxylic acids is 1. The molecule has 1 N–H and O–H groups in total. The van der Waals surface area contributed by atoms with E-state index in [2.05, 4.69) is 21.2 Å². The van der Waals surface area contributed by atoms with E-state index in [1.54, 1.807) is 0 Å². The summed E-state index contributed by atoms with van der Waals surface area (Å²) in [6.07, 6.45) is 2.15. The van der Waals surface area contributed by atoms with Gasteiger partial charge < -0.3 is 15.0 Å². The van der Waals surface area contributed by atoms with Crippen LogP contribution in [0, 0.1) is 0 Å². The molecule has 1 fully saturated rings. The predicted octanol–water partition coefficient (Wildman–Crippen LogP) is 3.72. The van der Waals surface area contributed by atoms with Crippen LogP contribution in [0.1, 0.15) is 38.3 Å². The molecule has 1 aliphatic heterocycles. The van der Waals surface area contributed by atoms with Gasteiger partial charge in [-0.15, -0.1) is 0 Å². The molecule has 0 radical (unpaired) electrons. The number of likely N-dealkylation sites (tertiary alicyclic amines) is 1. The summed E-state index contributed by atoms with van der Waals surface area (Å²) in [6.45, 7) is 6.30. The van der Waals surface area contributed by atoms with Gasteiger partial charge in [0.05, 0.1) is 12.1 Å². The zero-order valence-electron chi connectivity index (χ0n) is 12.6. The number of hydrogen-bond acceptors (Lipinski definition) is 2. The second kappa shape index (κ2) is 7.80. The Morgan fingerprint density at radius 2 is 2.19 bits per heavy atom. The van der Waals surface area contributed by atoms with Crippen molar-refractivity contribution in [1.82, 2.24) is 10.2 Å². The first-order valence-corrected chi connectivity index (χ1v) is 8.32. The van der Waals surface area contributed by atoms with Crippen LogP contribution in [-0.2, 0) is 4.74 Å². The maximum Gasteiger partial charge on any atom is 0.317 e. The zero-order valence-corrected chi connectivity index (χ0v) is 14.2. The molecule has 116 valence electrons. The van der Waals surface area contributed by atoms with Crippen LogP contribution in [0.5, 0.6) is 0 Å². The van der Waals surface area contributed by atoms with Gasteiger partial charge in [-0.25, -0.2) is 4.79 Å². The molecule has 4 nitrogen and oxygen atoms in total. The Bertz CT molecular complexity index is 473. The van der Waals surface area contributed by atoms with Crippen molar-refractivity contribution in [3.63, 3.8) is 0 Å². The minimum atomic E-state index is -0.000356. The molecule has 0 spiro atoms. The van der Waals surface area contributed by atoms with Gasteiger partial charge in [0.1, 0.15) is 0 Å². The van der Waals surface area contributed by atoms with E-state index in [0.29, 0.717) is 6.10 Å². The highest BCUT2D eigenvalue weighted by atomic mass is 79.9. The number of ether oxygens (including phenoxy) is 1. The fourth-order valence-electron chi connectivity index (χ4n) is 2.60. The normalized spacial score (nSPS) is 17.6. The topological polar surface area (TPSA) is 41.6 Å². The second-order valence-electron chi connectivity index (χ2n) is 5.37. The number of amides is 2. The lowest BCUT2D eigenvalue weighted by Crippen LogP contribution is -2.46. The summed E-state index contributed by atoms with van der Waals surface area (Å²) < 4.78 is 6.64. The molecule has 0 aliphatic carbocycles. The van der Waals surface area contributed by atoms with Crippen molar-refractivity contribution in [1.29, 1.82) is 0 Å². The molecule has 1 aliphatic rings. The Kier molecular flexibility index (Phi) is 6.06. The number of carbonyl (C=O) groups is 1. The summed E-state index contributed by atoms with van der Waals surface area (Å²) in [5, 5.41) is 3.07. The van der Waals surface area contributed by atoms with E-state index >= 15 is 0 Å². The van der Waals surface area contributed by atoms with Gasteiger partial charge in [-0.1, -0.05) is 28.1 Å². The molecule has 1 aromatic carbocycles. The van der Waals surface area contributed by atoms with Gasteiger partial charge in [0.2, 0.25) is 0 Å². The number of nitrogens with zero attached hydrogens (tertiary/aromatic N) is 1. The van der Waals surface area contributed by atoms with Crippen LogP contribution in [0.3, 0.4) is 0 Å². The van der Waals surface area contributed by atoms with Gasteiger partial charge in [0.25, 0.3) is 0 Å². The van der Waals surface area contributed by atoms with E-state index in [1.807, 2.05) is 43.0 Å². The van der Waals surface area contributed by atoms with Gasteiger partial charge in [-0.3, -0.25) is 0 Å². The number of nitrogens with one attached hydrogen (secondary N) is 1. The van der Waals surface area contributed by atoms with E-state index in [9.17, 15) is 4.79 Å². The number of rotatable bonds is 4. The fourth-order valence-corrected chi connectivity index (χ4v) is 3.01. The van der Waals surface area contributed by atoms with Gasteiger partial charge in [-0.05, 0) is 44.4 Å². The molecule has 2 rings (SSSR count). The lowest BCUT2D eigenvalue weighted by Gasteiger charge is -2.32. The summed E-state index contributed by atoms with van der Waals surface area (Å²) in [5.41, 5.74) is 1.10. The number of hydrogen-bond donors (Lipinski definition) is 1. The molecule has 1 saturated heterocycles. The van der Waals surface area contributed by atoms with Crippen LogP contribution >= 0.6 is 15.9 Å². The zero-order chi connectivity index (χ0) is 15.2. The van der Waals surface area contributed by atoms with Gasteiger partial charge >= 0.3 is 6.03 Å². The minimum absolute atomic E-state index is 0.000356. The van der Waals surface area contributed by atoms with Crippen molar-refractivity contribution in [2.45, 2.75) is 38.8 Å². The summed E-state index contributed by atoms with van der Waals surface area (Å²) >= 11 is 3.46. The largest absolute Gasteiger partial charge is 0.378 e. The molecule has 2 amide bonds. The molecular weight excluding hydrogens is 332 g/mol. The average Bonchev–Trinajstić information content (AvgIpc) is 2.48. The SMILES string of the molecule is CCOC1CCN(C(=O)NC(C)c2cccc(Br)c2)CC1. The fraction of sp³-hybridized carbons (Fsp3) is 0.562. The van der Waals surface area contributed by atoms with Crippen molar-refractivity contribution < 1.29 is 9.53 Å². The molecule has 1 aromatic rings. The van der Waals surface area contributed by atoms with Crippen LogP contribution in [0.2, 0.25) is 0 Å². The average molecular weight is 355 g/mol. The Hall–Kier alpha value is -1.07. The Balaban J connectivity index is 1.84. The molecule has 0 saturated carbocycles. The van der Waals surface area contributed by atoms with Crippen molar-refractivity contribution in [3.8, 4) is 0 Å². The first-order valence-electron chi connectivity index (χ1n) is 7.52. The summed E-state index contributed by atoms with van der Waals surface area (Å²) in [4.78, 5) is 14.2. The maximum absolute atomic E-state index is 12.3. The molecule has 1 heterocycles. The predicted molar refractivity (Wildman–Crippen MR) is 87.3 cm³/mol. The van der Waals surface area contributed by atoms with Crippen LogP contribution in [0.25, 0.3) is 0 Å². The third-order valence-electron chi connectivity index (χ3n) is 3.82. The van der Waals surface area contributed by atoms with Gasteiger partial charge in [0.15, 0.2) is 0 Å². The molecule has 0 aromatic heterocycles. The highest BCUT2D eigenvalue weighted by Crippen LogP contribution is 2.19. The second-order valence-corrected chi connectivity index (χ2v) is 6.28. The van der Waals surface area contributed by atoms with Crippen molar-refractivity contribution in [2.24, 2.45) is 0 Å². The Labute approximate surface area is 135 Å². The summed E-state index contributed by atoms with van der Waals surface area (Å²) in [6, 6.07) is 8.03.